The van der Waals surface area contributed by atoms with Gasteiger partial charge in [0.2, 0.25) is 10.0 Å². The van der Waals surface area contributed by atoms with Crippen LogP contribution < -0.4 is 5.32 Å². The molecule has 0 amide bonds. The Bertz CT molecular complexity index is 1610. The van der Waals surface area contributed by atoms with E-state index in [9.17, 15) is 26.8 Å². The number of aromatic nitrogens is 1. The number of benzene rings is 1. The first kappa shape index (κ1) is 32.5. The molecule has 0 radical (unpaired) electrons. The zero-order valence-corrected chi connectivity index (χ0v) is 27.0. The van der Waals surface area contributed by atoms with Crippen LogP contribution in [0.15, 0.2) is 40.0 Å². The zero-order chi connectivity index (χ0) is 32.0. The highest BCUT2D eigenvalue weighted by Gasteiger charge is 2.47. The van der Waals surface area contributed by atoms with Crippen LogP contribution in [0, 0.1) is 23.5 Å². The third-order valence-electron chi connectivity index (χ3n) is 7.95. The lowest BCUT2D eigenvalue weighted by atomic mass is 9.85. The van der Waals surface area contributed by atoms with Crippen molar-refractivity contribution in [3.05, 3.63) is 62.2 Å². The van der Waals surface area contributed by atoms with Crippen molar-refractivity contribution in [2.45, 2.75) is 63.3 Å². The third-order valence-corrected chi connectivity index (χ3v) is 11.4. The summed E-state index contributed by atoms with van der Waals surface area (Å²) >= 11 is 7.53. The van der Waals surface area contributed by atoms with E-state index in [1.54, 1.807) is 32.3 Å². The van der Waals surface area contributed by atoms with Gasteiger partial charge in [-0.05, 0) is 52.5 Å². The minimum absolute atomic E-state index is 0.0706. The Labute approximate surface area is 263 Å². The van der Waals surface area contributed by atoms with Crippen LogP contribution in [0.5, 0.6) is 0 Å². The number of hydrogen-bond donors (Lipinski definition) is 1. The third kappa shape index (κ3) is 6.40. The number of ether oxygens (including phenoxy) is 2. The predicted octanol–water partition coefficient (Wildman–Crippen LogP) is 4.76. The highest BCUT2D eigenvalue weighted by molar-refractivity contribution is 7.89. The Hall–Kier alpha value is -2.94. The molecule has 10 nitrogen and oxygen atoms in total. The number of carbonyl (C=O) groups is 2. The second kappa shape index (κ2) is 12.5. The van der Waals surface area contributed by atoms with Gasteiger partial charge in [-0.15, -0.1) is 11.3 Å². The van der Waals surface area contributed by atoms with Crippen LogP contribution >= 0.6 is 22.9 Å². The molecule has 0 bridgehead atoms. The molecule has 1 unspecified atom stereocenters. The Morgan fingerprint density at radius 1 is 1.16 bits per heavy atom. The molecule has 15 heteroatoms. The van der Waals surface area contributed by atoms with Crippen LogP contribution in [0.25, 0.3) is 0 Å². The number of esters is 2. The van der Waals surface area contributed by atoms with Gasteiger partial charge >= 0.3 is 11.9 Å². The summed E-state index contributed by atoms with van der Waals surface area (Å²) in [5.41, 5.74) is -0.0639. The van der Waals surface area contributed by atoms with Crippen LogP contribution in [-0.2, 0) is 29.1 Å². The first-order chi connectivity index (χ1) is 20.7. The van der Waals surface area contributed by atoms with E-state index in [2.05, 4.69) is 15.3 Å². The van der Waals surface area contributed by atoms with Gasteiger partial charge in [-0.3, -0.25) is 9.79 Å². The van der Waals surface area contributed by atoms with Crippen molar-refractivity contribution >= 4 is 50.7 Å². The molecule has 1 aromatic heterocycles. The quantitative estimate of drug-likeness (QED) is 0.330. The van der Waals surface area contributed by atoms with Gasteiger partial charge in [-0.25, -0.2) is 31.3 Å². The maximum Gasteiger partial charge on any atom is 0.338 e. The molecular formula is C29H33ClF2N4O6S2. The van der Waals surface area contributed by atoms with Gasteiger partial charge in [-0.2, -0.15) is 0 Å². The first-order valence-electron chi connectivity index (χ1n) is 14.1. The number of carbonyl (C=O) groups excluding carboxylic acids is 2. The molecule has 1 saturated heterocycles. The lowest BCUT2D eigenvalue weighted by Crippen LogP contribution is -2.50. The summed E-state index contributed by atoms with van der Waals surface area (Å²) in [7, 11) is -2.46. The monoisotopic (exact) mass is 670 g/mol. The molecule has 238 valence electrons. The van der Waals surface area contributed by atoms with Gasteiger partial charge in [0, 0.05) is 41.8 Å². The molecule has 44 heavy (non-hydrogen) atoms. The van der Waals surface area contributed by atoms with Gasteiger partial charge in [0.05, 0.1) is 28.9 Å². The summed E-state index contributed by atoms with van der Waals surface area (Å²) in [6.45, 7) is 5.67. The molecule has 1 atom stereocenters. The standard InChI is InChI=1S/C29H33ClF2N4O6S2/c1-29(2,3)42-27(37)16-13-17(14-16)44(39,40)36-10-7-15(8-11-36)23-20(28(38)41-4)24(18-5-6-19(31)22(32)21(18)30)35-25(34-23)26-33-9-12-43-26/h5-6,9,12,15-17,24H,7-8,10-11,13-14H2,1-4H3,(H,34,35). The van der Waals surface area contributed by atoms with Crippen molar-refractivity contribution in [1.82, 2.24) is 14.6 Å². The van der Waals surface area contributed by atoms with E-state index in [1.807, 2.05) is 0 Å². The fraction of sp³-hybridized carbons (Fsp3) is 0.517. The second-order valence-electron chi connectivity index (χ2n) is 12.0. The van der Waals surface area contributed by atoms with Crippen molar-refractivity contribution in [1.29, 1.82) is 0 Å². The van der Waals surface area contributed by atoms with Crippen molar-refractivity contribution in [2.75, 3.05) is 20.2 Å². The largest absolute Gasteiger partial charge is 0.466 e. The van der Waals surface area contributed by atoms with Gasteiger partial charge in [0.25, 0.3) is 0 Å². The zero-order valence-electron chi connectivity index (χ0n) is 24.6. The minimum Gasteiger partial charge on any atom is -0.466 e. The number of hydrogen-bond acceptors (Lipinski definition) is 10. The molecule has 1 N–H and O–H groups in total. The molecule has 1 aliphatic carbocycles. The van der Waals surface area contributed by atoms with Crippen LogP contribution in [0.2, 0.25) is 5.02 Å². The number of amidine groups is 1. The number of aliphatic imine (C=N–C) groups is 1. The van der Waals surface area contributed by atoms with Gasteiger partial charge < -0.3 is 14.8 Å². The molecule has 2 fully saturated rings. The van der Waals surface area contributed by atoms with Crippen LogP contribution in [0.3, 0.4) is 0 Å². The number of piperidine rings is 1. The molecule has 1 aromatic carbocycles. The van der Waals surface area contributed by atoms with E-state index in [1.165, 1.54) is 28.8 Å². The normalized spacial score (nSPS) is 23.4. The number of rotatable bonds is 7. The SMILES string of the molecule is COC(=O)C1=C(C2CCN(S(=O)(=O)C3CC(C(=O)OC(C)(C)C)C3)CC2)NC(c2nccs2)=NC1c1ccc(F)c(F)c1Cl. The summed E-state index contributed by atoms with van der Waals surface area (Å²) in [6, 6.07) is 1.06. The average Bonchev–Trinajstić information content (AvgIpc) is 3.48. The van der Waals surface area contributed by atoms with Crippen molar-refractivity contribution in [2.24, 2.45) is 16.8 Å². The number of methoxy groups -OCH3 is 1. The number of nitrogens with one attached hydrogen (secondary N) is 1. The van der Waals surface area contributed by atoms with Crippen LogP contribution in [-0.4, -0.2) is 66.5 Å². The minimum atomic E-state index is -3.67. The molecular weight excluding hydrogens is 638 g/mol. The summed E-state index contributed by atoms with van der Waals surface area (Å²) in [6.07, 6.45) is 2.71. The van der Waals surface area contributed by atoms with Gasteiger partial charge in [0.15, 0.2) is 22.5 Å². The lowest BCUT2D eigenvalue weighted by Gasteiger charge is -2.40. The second-order valence-corrected chi connectivity index (χ2v) is 15.5. The fourth-order valence-electron chi connectivity index (χ4n) is 5.64. The molecule has 0 spiro atoms. The van der Waals surface area contributed by atoms with Gasteiger partial charge in [0.1, 0.15) is 11.6 Å². The maximum atomic E-state index is 14.6. The Morgan fingerprint density at radius 2 is 1.84 bits per heavy atom. The Morgan fingerprint density at radius 3 is 2.43 bits per heavy atom. The summed E-state index contributed by atoms with van der Waals surface area (Å²) in [4.78, 5) is 34.6. The predicted molar refractivity (Wildman–Crippen MR) is 161 cm³/mol. The molecule has 2 aliphatic heterocycles. The van der Waals surface area contributed by atoms with E-state index in [4.69, 9.17) is 21.1 Å². The van der Waals surface area contributed by atoms with Crippen LogP contribution in [0.1, 0.15) is 63.1 Å². The Kier molecular flexibility index (Phi) is 9.18. The molecule has 3 aliphatic rings. The number of halogens is 3. The molecule has 3 heterocycles. The van der Waals surface area contributed by atoms with E-state index < -0.39 is 55.5 Å². The van der Waals surface area contributed by atoms with E-state index in [0.29, 0.717) is 29.4 Å². The lowest BCUT2D eigenvalue weighted by molar-refractivity contribution is -0.162. The maximum absolute atomic E-state index is 14.6. The highest BCUT2D eigenvalue weighted by atomic mass is 35.5. The van der Waals surface area contributed by atoms with E-state index >= 15 is 0 Å². The number of allylic oxidation sites excluding steroid dienone is 1. The fourth-order valence-corrected chi connectivity index (χ4v) is 8.58. The summed E-state index contributed by atoms with van der Waals surface area (Å²) < 4.78 is 67.3. The molecule has 5 rings (SSSR count). The summed E-state index contributed by atoms with van der Waals surface area (Å²) in [5, 5.41) is 4.29. The number of sulfonamides is 1. The van der Waals surface area contributed by atoms with Gasteiger partial charge in [-0.1, -0.05) is 17.7 Å². The van der Waals surface area contributed by atoms with Crippen LogP contribution in [0.4, 0.5) is 8.78 Å². The average molecular weight is 671 g/mol. The smallest absolute Gasteiger partial charge is 0.338 e. The topological polar surface area (TPSA) is 127 Å². The molecule has 1 saturated carbocycles. The van der Waals surface area contributed by atoms with E-state index in [-0.39, 0.29) is 49.0 Å². The summed E-state index contributed by atoms with van der Waals surface area (Å²) in [5.74, 6) is -4.00. The Balaban J connectivity index is 1.39. The first-order valence-corrected chi connectivity index (χ1v) is 16.9. The molecule has 2 aromatic rings. The van der Waals surface area contributed by atoms with Crippen molar-refractivity contribution in [3.63, 3.8) is 0 Å². The van der Waals surface area contributed by atoms with Crippen molar-refractivity contribution < 1.29 is 36.3 Å². The highest BCUT2D eigenvalue weighted by Crippen LogP contribution is 2.42. The van der Waals surface area contributed by atoms with Crippen molar-refractivity contribution in [3.8, 4) is 0 Å². The number of nitrogens with zero attached hydrogens (tertiary/aromatic N) is 3. The number of thiazole rings is 1. The van der Waals surface area contributed by atoms with E-state index in [0.717, 1.165) is 6.07 Å².